The number of amides is 1. The SMILES string of the molecule is O=C1CCC([N+](=O)[O-])=C2SCCN12. The van der Waals surface area contributed by atoms with Crippen molar-refractivity contribution in [2.75, 3.05) is 12.3 Å². The van der Waals surface area contributed by atoms with Crippen LogP contribution in [0.3, 0.4) is 0 Å². The Bertz CT molecular complexity index is 313. The first kappa shape index (κ1) is 8.55. The van der Waals surface area contributed by atoms with Crippen LogP contribution in [0.5, 0.6) is 0 Å². The molecule has 5 nitrogen and oxygen atoms in total. The third-order valence-electron chi connectivity index (χ3n) is 2.14. The molecule has 0 radical (unpaired) electrons. The number of thioether (sulfide) groups is 1. The van der Waals surface area contributed by atoms with Gasteiger partial charge in [-0.3, -0.25) is 14.9 Å². The number of allylic oxidation sites excluding steroid dienone is 1. The van der Waals surface area contributed by atoms with Gasteiger partial charge in [0.05, 0.1) is 11.3 Å². The van der Waals surface area contributed by atoms with Crippen LogP contribution in [0.2, 0.25) is 0 Å². The molecule has 0 atom stereocenters. The Morgan fingerprint density at radius 3 is 2.92 bits per heavy atom. The maximum Gasteiger partial charge on any atom is 0.276 e. The Balaban J connectivity index is 2.39. The van der Waals surface area contributed by atoms with Crippen LogP contribution in [0.1, 0.15) is 12.8 Å². The molecule has 0 aromatic rings. The lowest BCUT2D eigenvalue weighted by Gasteiger charge is -2.20. The summed E-state index contributed by atoms with van der Waals surface area (Å²) < 4.78 is 0. The number of nitrogens with zero attached hydrogens (tertiary/aromatic N) is 2. The molecule has 0 aliphatic carbocycles. The highest BCUT2D eigenvalue weighted by molar-refractivity contribution is 8.03. The van der Waals surface area contributed by atoms with Gasteiger partial charge in [-0.25, -0.2) is 0 Å². The summed E-state index contributed by atoms with van der Waals surface area (Å²) >= 11 is 1.41. The zero-order valence-electron chi connectivity index (χ0n) is 6.86. The minimum absolute atomic E-state index is 0.0191. The van der Waals surface area contributed by atoms with Gasteiger partial charge in [0.2, 0.25) is 5.91 Å². The predicted octanol–water partition coefficient (Wildman–Crippen LogP) is 0.801. The summed E-state index contributed by atoms with van der Waals surface area (Å²) in [5, 5.41) is 11.2. The molecular formula is C7H8N2O3S. The van der Waals surface area contributed by atoms with Crippen molar-refractivity contribution in [3.8, 4) is 0 Å². The fourth-order valence-electron chi connectivity index (χ4n) is 1.53. The molecule has 1 fully saturated rings. The van der Waals surface area contributed by atoms with Gasteiger partial charge in [-0.1, -0.05) is 11.8 Å². The third-order valence-corrected chi connectivity index (χ3v) is 3.26. The van der Waals surface area contributed by atoms with Crippen LogP contribution in [-0.2, 0) is 4.79 Å². The molecule has 2 aliphatic rings. The molecule has 0 bridgehead atoms. The summed E-state index contributed by atoms with van der Waals surface area (Å²) in [6.07, 6.45) is 0.561. The molecule has 70 valence electrons. The van der Waals surface area contributed by atoms with Gasteiger partial charge in [0.25, 0.3) is 5.70 Å². The Morgan fingerprint density at radius 2 is 2.23 bits per heavy atom. The lowest BCUT2D eigenvalue weighted by molar-refractivity contribution is -0.429. The van der Waals surface area contributed by atoms with E-state index in [1.165, 1.54) is 16.7 Å². The Morgan fingerprint density at radius 1 is 1.46 bits per heavy atom. The molecule has 0 aromatic carbocycles. The lowest BCUT2D eigenvalue weighted by Crippen LogP contribution is -2.31. The Labute approximate surface area is 78.9 Å². The second-order valence-electron chi connectivity index (χ2n) is 2.90. The highest BCUT2D eigenvalue weighted by Crippen LogP contribution is 2.36. The van der Waals surface area contributed by atoms with E-state index in [2.05, 4.69) is 0 Å². The van der Waals surface area contributed by atoms with Crippen LogP contribution in [0.25, 0.3) is 0 Å². The van der Waals surface area contributed by atoms with Gasteiger partial charge in [0.15, 0.2) is 5.03 Å². The van der Waals surface area contributed by atoms with E-state index in [9.17, 15) is 14.9 Å². The predicted molar refractivity (Wildman–Crippen MR) is 47.4 cm³/mol. The number of hydrogen-bond donors (Lipinski definition) is 0. The van der Waals surface area contributed by atoms with E-state index in [0.717, 1.165) is 5.75 Å². The van der Waals surface area contributed by atoms with Gasteiger partial charge >= 0.3 is 0 Å². The fraction of sp³-hybridized carbons (Fsp3) is 0.571. The molecule has 0 N–H and O–H groups in total. The van der Waals surface area contributed by atoms with Crippen molar-refractivity contribution in [1.82, 2.24) is 4.90 Å². The standard InChI is InChI=1S/C7H8N2O3S/c10-6-2-1-5(9(11)12)7-8(6)3-4-13-7/h1-4H2. The monoisotopic (exact) mass is 200 g/mol. The van der Waals surface area contributed by atoms with Crippen LogP contribution < -0.4 is 0 Å². The minimum Gasteiger partial charge on any atom is -0.301 e. The van der Waals surface area contributed by atoms with E-state index in [0.29, 0.717) is 11.6 Å². The number of rotatable bonds is 1. The lowest BCUT2D eigenvalue weighted by atomic mass is 10.2. The molecule has 0 spiro atoms. The summed E-state index contributed by atoms with van der Waals surface area (Å²) in [5.74, 6) is 0.795. The molecule has 1 saturated heterocycles. The number of hydrogen-bond acceptors (Lipinski definition) is 4. The quantitative estimate of drug-likeness (QED) is 0.464. The van der Waals surface area contributed by atoms with Gasteiger partial charge < -0.3 is 4.90 Å². The van der Waals surface area contributed by atoms with Crippen molar-refractivity contribution in [1.29, 1.82) is 0 Å². The average molecular weight is 200 g/mol. The largest absolute Gasteiger partial charge is 0.301 e. The van der Waals surface area contributed by atoms with Crippen molar-refractivity contribution in [2.24, 2.45) is 0 Å². The van der Waals surface area contributed by atoms with Gasteiger partial charge in [-0.2, -0.15) is 0 Å². The molecule has 0 aromatic heterocycles. The van der Waals surface area contributed by atoms with E-state index in [-0.39, 0.29) is 29.4 Å². The first-order chi connectivity index (χ1) is 6.20. The van der Waals surface area contributed by atoms with Crippen LogP contribution in [0.15, 0.2) is 10.7 Å². The first-order valence-electron chi connectivity index (χ1n) is 4.01. The molecule has 1 amide bonds. The number of nitro groups is 1. The van der Waals surface area contributed by atoms with Gasteiger partial charge in [-0.05, 0) is 0 Å². The summed E-state index contributed by atoms with van der Waals surface area (Å²) in [7, 11) is 0. The van der Waals surface area contributed by atoms with Crippen molar-refractivity contribution in [3.63, 3.8) is 0 Å². The summed E-state index contributed by atoms with van der Waals surface area (Å²) in [6.45, 7) is 0.621. The highest BCUT2D eigenvalue weighted by Gasteiger charge is 2.36. The van der Waals surface area contributed by atoms with Crippen LogP contribution in [0.4, 0.5) is 0 Å². The molecule has 6 heteroatoms. The van der Waals surface area contributed by atoms with Gasteiger partial charge in [-0.15, -0.1) is 0 Å². The summed E-state index contributed by atoms with van der Waals surface area (Å²) in [6, 6.07) is 0. The van der Waals surface area contributed by atoms with Crippen molar-refractivity contribution in [2.45, 2.75) is 12.8 Å². The van der Waals surface area contributed by atoms with E-state index in [1.54, 1.807) is 0 Å². The zero-order chi connectivity index (χ0) is 9.42. The molecule has 2 heterocycles. The molecule has 2 rings (SSSR count). The van der Waals surface area contributed by atoms with Gasteiger partial charge in [0, 0.05) is 18.7 Å². The van der Waals surface area contributed by atoms with Crippen LogP contribution >= 0.6 is 11.8 Å². The normalized spacial score (nSPS) is 22.2. The zero-order valence-corrected chi connectivity index (χ0v) is 7.67. The third kappa shape index (κ3) is 1.31. The number of carbonyl (C=O) groups is 1. The van der Waals surface area contributed by atoms with E-state index in [4.69, 9.17) is 0 Å². The van der Waals surface area contributed by atoms with Crippen molar-refractivity contribution >= 4 is 17.7 Å². The van der Waals surface area contributed by atoms with Gasteiger partial charge in [0.1, 0.15) is 0 Å². The fourth-order valence-corrected chi connectivity index (χ4v) is 2.69. The van der Waals surface area contributed by atoms with Crippen molar-refractivity contribution in [3.05, 3.63) is 20.8 Å². The van der Waals surface area contributed by atoms with E-state index >= 15 is 0 Å². The van der Waals surface area contributed by atoms with Crippen LogP contribution in [0, 0.1) is 10.1 Å². The number of fused-ring (bicyclic) bond motifs is 1. The molecule has 2 aliphatic heterocycles. The average Bonchev–Trinajstić information content (AvgIpc) is 2.53. The second kappa shape index (κ2) is 3.02. The van der Waals surface area contributed by atoms with E-state index in [1.807, 2.05) is 0 Å². The summed E-state index contributed by atoms with van der Waals surface area (Å²) in [5.41, 5.74) is 0.210. The minimum atomic E-state index is -0.368. The first-order valence-corrected chi connectivity index (χ1v) is 4.99. The summed E-state index contributed by atoms with van der Waals surface area (Å²) in [4.78, 5) is 23.1. The smallest absolute Gasteiger partial charge is 0.276 e. The van der Waals surface area contributed by atoms with Crippen molar-refractivity contribution < 1.29 is 9.72 Å². The number of carbonyl (C=O) groups excluding carboxylic acids is 1. The maximum absolute atomic E-state index is 11.3. The molecule has 0 saturated carbocycles. The Kier molecular flexibility index (Phi) is 1.99. The molecular weight excluding hydrogens is 192 g/mol. The highest BCUT2D eigenvalue weighted by atomic mass is 32.2. The van der Waals surface area contributed by atoms with E-state index < -0.39 is 0 Å². The topological polar surface area (TPSA) is 63.4 Å². The molecule has 0 unspecified atom stereocenters. The Hall–Kier alpha value is -1.04. The maximum atomic E-state index is 11.3. The second-order valence-corrected chi connectivity index (χ2v) is 3.99. The van der Waals surface area contributed by atoms with Crippen LogP contribution in [-0.4, -0.2) is 28.0 Å². The molecule has 13 heavy (non-hydrogen) atoms.